The standard InChI is InChI=1S/C80H84BN5S2/c1-51(2)88(52(3)4,61-41-33-56(34-42-61)79(11,12)13)62-49-70-73-71(50-62)86(68-28-22-26-66-74(68)83-46-45-82-66)69-48-60(84(58-36-29-54(30-37-58)77(5,6)7)67-27-21-20-25-63(67)53-23-18-17-19-24-53)40-43-65(69)81(73)76-75(64-47-57(80(14,15)16)35-44-72(64)87-76)85(70)59-38-31-55(32-39-59)78(8,9)10/h17-52H,1-16H3. The molecule has 0 fully saturated rings. The monoisotopic (exact) mass is 1190 g/mol. The summed E-state index contributed by atoms with van der Waals surface area (Å²) < 4.78 is 2.64. The molecule has 0 saturated heterocycles. The van der Waals surface area contributed by atoms with Gasteiger partial charge in [0.15, 0.2) is 0 Å². The summed E-state index contributed by atoms with van der Waals surface area (Å²) in [6.45, 7) is 37.7. The van der Waals surface area contributed by atoms with Crippen molar-refractivity contribution >= 4 is 116 Å². The minimum absolute atomic E-state index is 0.0112. The molecule has 0 bridgehead atoms. The normalized spacial score (nSPS) is 13.8. The van der Waals surface area contributed by atoms with Crippen LogP contribution in [-0.2, 0) is 21.7 Å². The molecule has 0 N–H and O–H groups in total. The van der Waals surface area contributed by atoms with Crippen molar-refractivity contribution in [2.24, 2.45) is 0 Å². The van der Waals surface area contributed by atoms with Crippen molar-refractivity contribution in [3.8, 4) is 11.1 Å². The van der Waals surface area contributed by atoms with Crippen LogP contribution in [-0.4, -0.2) is 27.2 Å². The molecule has 2 aliphatic heterocycles. The van der Waals surface area contributed by atoms with Gasteiger partial charge in [-0.3, -0.25) is 9.97 Å². The van der Waals surface area contributed by atoms with E-state index < -0.39 is 10.0 Å². The average Bonchev–Trinajstić information content (AvgIpc) is 1.14. The highest BCUT2D eigenvalue weighted by Crippen LogP contribution is 2.70. The molecule has 0 unspecified atom stereocenters. The molecular formula is C80H84BN5S2. The topological polar surface area (TPSA) is 35.5 Å². The lowest BCUT2D eigenvalue weighted by molar-refractivity contribution is 0.589. The lowest BCUT2D eigenvalue weighted by atomic mass is 9.36. The van der Waals surface area contributed by atoms with Crippen LogP contribution >= 0.6 is 21.4 Å². The number of aromatic nitrogens is 2. The number of fused-ring (bicyclic) bond motifs is 7. The Labute approximate surface area is 530 Å². The number of hydrogen-bond acceptors (Lipinski definition) is 6. The smallest absolute Gasteiger partial charge is 0.264 e. The molecule has 0 aliphatic carbocycles. The summed E-state index contributed by atoms with van der Waals surface area (Å²) >= 11 is 1.97. The first-order valence-electron chi connectivity index (χ1n) is 31.6. The molecule has 11 aromatic rings. The molecule has 9 aromatic carbocycles. The van der Waals surface area contributed by atoms with Crippen molar-refractivity contribution in [3.05, 3.63) is 229 Å². The second-order valence-corrected chi connectivity index (χ2v) is 34.4. The summed E-state index contributed by atoms with van der Waals surface area (Å²) in [7, 11) is -1.82. The Hall–Kier alpha value is -7.91. The Morgan fingerprint density at radius 1 is 0.466 bits per heavy atom. The van der Waals surface area contributed by atoms with Gasteiger partial charge < -0.3 is 14.7 Å². The van der Waals surface area contributed by atoms with E-state index in [0.717, 1.165) is 50.7 Å². The van der Waals surface area contributed by atoms with Gasteiger partial charge in [-0.05, 0) is 172 Å². The molecule has 88 heavy (non-hydrogen) atoms. The van der Waals surface area contributed by atoms with E-state index in [1.54, 1.807) is 0 Å². The van der Waals surface area contributed by atoms with Gasteiger partial charge in [0.1, 0.15) is 5.52 Å². The zero-order valence-corrected chi connectivity index (χ0v) is 56.0. The summed E-state index contributed by atoms with van der Waals surface area (Å²) in [6, 6.07) is 74.9. The molecular weight excluding hydrogens is 1110 g/mol. The molecule has 0 spiro atoms. The van der Waals surface area contributed by atoms with E-state index in [4.69, 9.17) is 9.97 Å². The Morgan fingerprint density at radius 2 is 1.02 bits per heavy atom. The fourth-order valence-corrected chi connectivity index (χ4v) is 20.1. The van der Waals surface area contributed by atoms with Gasteiger partial charge in [0.2, 0.25) is 0 Å². The van der Waals surface area contributed by atoms with Crippen LogP contribution in [0.5, 0.6) is 0 Å². The summed E-state index contributed by atoms with van der Waals surface area (Å²) in [6.07, 6.45) is 3.68. The first kappa shape index (κ1) is 59.1. The number of nitrogens with zero attached hydrogens (tertiary/aromatic N) is 5. The van der Waals surface area contributed by atoms with Crippen molar-refractivity contribution in [3.63, 3.8) is 0 Å². The van der Waals surface area contributed by atoms with Gasteiger partial charge in [-0.2, -0.15) is 10.0 Å². The maximum absolute atomic E-state index is 5.27. The fourth-order valence-electron chi connectivity index (χ4n) is 14.1. The molecule has 13 rings (SSSR count). The second-order valence-electron chi connectivity index (χ2n) is 29.1. The Balaban J connectivity index is 1.19. The third kappa shape index (κ3) is 9.94. The zero-order valence-electron chi connectivity index (χ0n) is 54.4. The predicted octanol–water partition coefficient (Wildman–Crippen LogP) is 21.3. The van der Waals surface area contributed by atoms with Gasteiger partial charge in [0, 0.05) is 66.9 Å². The highest BCUT2D eigenvalue weighted by atomic mass is 32.3. The van der Waals surface area contributed by atoms with Crippen molar-refractivity contribution in [2.75, 3.05) is 14.7 Å². The SMILES string of the molecule is CC(C)S(c1ccc(C(C)(C)C)cc1)(c1cc2c3c(c1)N(c1cccc4nccnc14)c1cc(N(c4ccc(C(C)(C)C)cc4)c4ccccc4-c4ccccc4)ccc1B3c1sc3ccc(C(C)(C)C)cc3c1N2c1ccc(C(C)(C)C)cc1)C(C)C. The average molecular weight is 1190 g/mol. The highest BCUT2D eigenvalue weighted by molar-refractivity contribution is 8.34. The quantitative estimate of drug-likeness (QED) is 0.128. The molecule has 2 aromatic heterocycles. The van der Waals surface area contributed by atoms with E-state index in [1.807, 2.05) is 23.7 Å². The first-order chi connectivity index (χ1) is 41.8. The third-order valence-electron chi connectivity index (χ3n) is 18.7. The van der Waals surface area contributed by atoms with Gasteiger partial charge in [-0.15, -0.1) is 11.3 Å². The van der Waals surface area contributed by atoms with Crippen LogP contribution in [0.1, 0.15) is 133 Å². The number of hydrogen-bond donors (Lipinski definition) is 0. The maximum Gasteiger partial charge on any atom is 0.264 e. The van der Waals surface area contributed by atoms with Crippen LogP contribution in [0.2, 0.25) is 0 Å². The number of anilines is 9. The molecule has 0 atom stereocenters. The fraction of sp³-hybridized carbons (Fsp3) is 0.275. The maximum atomic E-state index is 5.27. The molecule has 0 saturated carbocycles. The number of rotatable bonds is 10. The van der Waals surface area contributed by atoms with E-state index in [9.17, 15) is 0 Å². The van der Waals surface area contributed by atoms with E-state index in [2.05, 4.69) is 320 Å². The van der Waals surface area contributed by atoms with Crippen LogP contribution in [0.3, 0.4) is 0 Å². The molecule has 0 amide bonds. The summed E-state index contributed by atoms with van der Waals surface area (Å²) in [5.41, 5.74) is 22.0. The number of thiophene rings is 1. The van der Waals surface area contributed by atoms with Crippen molar-refractivity contribution in [1.82, 2.24) is 9.97 Å². The van der Waals surface area contributed by atoms with E-state index in [0.29, 0.717) is 0 Å². The Bertz CT molecular complexity index is 4430. The van der Waals surface area contributed by atoms with Crippen molar-refractivity contribution < 1.29 is 0 Å². The Morgan fingerprint density at radius 3 is 1.65 bits per heavy atom. The number of para-hydroxylation sites is 2. The molecule has 2 aliphatic rings. The van der Waals surface area contributed by atoms with Gasteiger partial charge in [-0.1, -0.05) is 214 Å². The van der Waals surface area contributed by atoms with Crippen LogP contribution in [0.4, 0.5) is 51.2 Å². The van der Waals surface area contributed by atoms with Crippen LogP contribution in [0.15, 0.2) is 216 Å². The van der Waals surface area contributed by atoms with Crippen LogP contribution in [0.25, 0.3) is 32.2 Å². The molecule has 4 heterocycles. The summed E-state index contributed by atoms with van der Waals surface area (Å²) in [4.78, 5) is 20.8. The summed E-state index contributed by atoms with van der Waals surface area (Å²) in [5, 5.41) is 1.86. The van der Waals surface area contributed by atoms with Crippen LogP contribution < -0.4 is 30.4 Å². The van der Waals surface area contributed by atoms with Gasteiger partial charge in [0.25, 0.3) is 6.71 Å². The minimum atomic E-state index is -1.82. The van der Waals surface area contributed by atoms with Crippen LogP contribution in [0, 0.1) is 0 Å². The minimum Gasteiger partial charge on any atom is -0.310 e. The molecule has 444 valence electrons. The zero-order chi connectivity index (χ0) is 62.0. The molecule has 5 nitrogen and oxygen atoms in total. The predicted molar refractivity (Wildman–Crippen MR) is 385 cm³/mol. The third-order valence-corrected chi connectivity index (χ3v) is 24.9. The highest BCUT2D eigenvalue weighted by Gasteiger charge is 2.48. The lowest BCUT2D eigenvalue weighted by Gasteiger charge is -2.51. The lowest BCUT2D eigenvalue weighted by Crippen LogP contribution is -2.60. The van der Waals surface area contributed by atoms with Crippen molar-refractivity contribution in [2.45, 2.75) is 153 Å². The number of benzene rings is 9. The van der Waals surface area contributed by atoms with Crippen molar-refractivity contribution in [1.29, 1.82) is 0 Å². The van der Waals surface area contributed by atoms with E-state index >= 15 is 0 Å². The van der Waals surface area contributed by atoms with Gasteiger partial charge in [-0.25, -0.2) is 0 Å². The van der Waals surface area contributed by atoms with E-state index in [1.165, 1.54) is 80.5 Å². The molecule has 8 heteroatoms. The Kier molecular flexibility index (Phi) is 14.6. The summed E-state index contributed by atoms with van der Waals surface area (Å²) in [5.74, 6) is 0. The van der Waals surface area contributed by atoms with E-state index in [-0.39, 0.29) is 38.9 Å². The second kappa shape index (κ2) is 21.7. The van der Waals surface area contributed by atoms with Gasteiger partial charge >= 0.3 is 0 Å². The largest absolute Gasteiger partial charge is 0.310 e. The first-order valence-corrected chi connectivity index (χ1v) is 34.2. The molecule has 0 radical (unpaired) electrons. The van der Waals surface area contributed by atoms with Gasteiger partial charge in [0.05, 0.1) is 22.6 Å².